The number of nitrogens with zero attached hydrogens (tertiary/aromatic N) is 4. The van der Waals surface area contributed by atoms with Crippen molar-refractivity contribution >= 4 is 18.2 Å². The average molecular weight is 270 g/mol. The third-order valence-corrected chi connectivity index (χ3v) is 2.97. The first-order valence-corrected chi connectivity index (χ1v) is 5.99. The molecular weight excluding hydrogens is 259 g/mol. The molecule has 0 bridgehead atoms. The summed E-state index contributed by atoms with van der Waals surface area (Å²) in [5.74, 6) is 0. The Bertz CT molecular complexity index is 812. The van der Waals surface area contributed by atoms with E-state index in [0.29, 0.717) is 11.1 Å². The fourth-order valence-electron chi connectivity index (χ4n) is 2.01. The minimum Gasteiger partial charge on any atom is -0.423 e. The van der Waals surface area contributed by atoms with E-state index < -0.39 is 7.12 Å². The standard InChI is InChI=1S/C12H11BN4O3/c18-12-16-5-4-14-7-11(16)15-17(12)8-9-2-1-3-10(6-9)13(19)20/h1-7,19-20H,8H2. The second-order valence-corrected chi connectivity index (χ2v) is 4.36. The molecule has 1 aromatic carbocycles. The van der Waals surface area contributed by atoms with Crippen molar-refractivity contribution in [2.24, 2.45) is 0 Å². The van der Waals surface area contributed by atoms with Crippen LogP contribution in [0.4, 0.5) is 0 Å². The Morgan fingerprint density at radius 2 is 2.15 bits per heavy atom. The summed E-state index contributed by atoms with van der Waals surface area (Å²) < 4.78 is 2.71. The lowest BCUT2D eigenvalue weighted by atomic mass is 9.80. The molecule has 7 nitrogen and oxygen atoms in total. The molecule has 2 aromatic heterocycles. The molecule has 0 aliphatic rings. The lowest BCUT2D eigenvalue weighted by Gasteiger charge is -2.03. The third-order valence-electron chi connectivity index (χ3n) is 2.97. The molecular formula is C12H11BN4O3. The fraction of sp³-hybridized carbons (Fsp3) is 0.0833. The largest absolute Gasteiger partial charge is 0.488 e. The fourth-order valence-corrected chi connectivity index (χ4v) is 2.01. The van der Waals surface area contributed by atoms with Crippen LogP contribution in [0.1, 0.15) is 5.56 Å². The second-order valence-electron chi connectivity index (χ2n) is 4.36. The zero-order chi connectivity index (χ0) is 14.1. The summed E-state index contributed by atoms with van der Waals surface area (Å²) in [7, 11) is -1.53. The Hall–Kier alpha value is -2.45. The van der Waals surface area contributed by atoms with Gasteiger partial charge in [0.25, 0.3) is 0 Å². The molecule has 0 saturated carbocycles. The van der Waals surface area contributed by atoms with E-state index in [2.05, 4.69) is 10.1 Å². The van der Waals surface area contributed by atoms with E-state index in [1.54, 1.807) is 30.5 Å². The Morgan fingerprint density at radius 1 is 1.30 bits per heavy atom. The highest BCUT2D eigenvalue weighted by atomic mass is 16.4. The van der Waals surface area contributed by atoms with Crippen molar-refractivity contribution in [2.45, 2.75) is 6.54 Å². The van der Waals surface area contributed by atoms with Gasteiger partial charge in [-0.1, -0.05) is 24.3 Å². The van der Waals surface area contributed by atoms with Gasteiger partial charge in [0.2, 0.25) is 0 Å². The van der Waals surface area contributed by atoms with Gasteiger partial charge in [-0.25, -0.2) is 13.9 Å². The van der Waals surface area contributed by atoms with E-state index in [4.69, 9.17) is 10.0 Å². The van der Waals surface area contributed by atoms with Crippen molar-refractivity contribution in [3.8, 4) is 0 Å². The Morgan fingerprint density at radius 3 is 2.90 bits per heavy atom. The van der Waals surface area contributed by atoms with Gasteiger partial charge in [-0.2, -0.15) is 0 Å². The number of hydrogen-bond acceptors (Lipinski definition) is 5. The van der Waals surface area contributed by atoms with E-state index in [9.17, 15) is 4.79 Å². The highest BCUT2D eigenvalue weighted by Crippen LogP contribution is 2.00. The number of hydrogen-bond donors (Lipinski definition) is 2. The topological polar surface area (TPSA) is 92.7 Å². The molecule has 2 heterocycles. The lowest BCUT2D eigenvalue weighted by molar-refractivity contribution is 0.425. The monoisotopic (exact) mass is 270 g/mol. The van der Waals surface area contributed by atoms with Gasteiger partial charge < -0.3 is 10.0 Å². The van der Waals surface area contributed by atoms with Crippen LogP contribution in [0.3, 0.4) is 0 Å². The van der Waals surface area contributed by atoms with Crippen molar-refractivity contribution in [1.29, 1.82) is 0 Å². The summed E-state index contributed by atoms with van der Waals surface area (Å²) in [6.07, 6.45) is 4.57. The van der Waals surface area contributed by atoms with E-state index in [1.165, 1.54) is 21.5 Å². The zero-order valence-corrected chi connectivity index (χ0v) is 10.4. The first kappa shape index (κ1) is 12.6. The van der Waals surface area contributed by atoms with Gasteiger partial charge in [-0.3, -0.25) is 4.98 Å². The number of benzene rings is 1. The van der Waals surface area contributed by atoms with Crippen LogP contribution in [0.15, 0.2) is 47.7 Å². The first-order valence-electron chi connectivity index (χ1n) is 5.99. The van der Waals surface area contributed by atoms with Gasteiger partial charge in [0, 0.05) is 12.4 Å². The van der Waals surface area contributed by atoms with E-state index in [-0.39, 0.29) is 12.2 Å². The Kier molecular flexibility index (Phi) is 3.09. The minimum atomic E-state index is -1.53. The molecule has 100 valence electrons. The average Bonchev–Trinajstić information content (AvgIpc) is 2.76. The molecule has 3 aromatic rings. The Balaban J connectivity index is 1.99. The minimum absolute atomic E-state index is 0.251. The zero-order valence-electron chi connectivity index (χ0n) is 10.4. The van der Waals surface area contributed by atoms with Gasteiger partial charge in [0.1, 0.15) is 0 Å². The smallest absolute Gasteiger partial charge is 0.423 e. The molecule has 0 saturated heterocycles. The van der Waals surface area contributed by atoms with Gasteiger partial charge in [-0.15, -0.1) is 5.10 Å². The predicted octanol–water partition coefficient (Wildman–Crippen LogP) is -1.38. The quantitative estimate of drug-likeness (QED) is 0.572. The molecule has 0 aliphatic heterocycles. The highest BCUT2D eigenvalue weighted by molar-refractivity contribution is 6.58. The maximum Gasteiger partial charge on any atom is 0.488 e. The molecule has 0 atom stereocenters. The maximum absolute atomic E-state index is 12.1. The van der Waals surface area contributed by atoms with Gasteiger partial charge >= 0.3 is 12.8 Å². The number of fused-ring (bicyclic) bond motifs is 1. The summed E-state index contributed by atoms with van der Waals surface area (Å²) in [5, 5.41) is 22.4. The summed E-state index contributed by atoms with van der Waals surface area (Å²) in [6, 6.07) is 6.72. The van der Waals surface area contributed by atoms with E-state index in [0.717, 1.165) is 5.56 Å². The van der Waals surface area contributed by atoms with Crippen LogP contribution in [0, 0.1) is 0 Å². The molecule has 0 aliphatic carbocycles. The Labute approximate surface area is 113 Å². The molecule has 0 fully saturated rings. The molecule has 20 heavy (non-hydrogen) atoms. The first-order chi connectivity index (χ1) is 9.65. The molecule has 0 spiro atoms. The van der Waals surface area contributed by atoms with E-state index >= 15 is 0 Å². The van der Waals surface area contributed by atoms with Crippen LogP contribution in [0.2, 0.25) is 0 Å². The van der Waals surface area contributed by atoms with Crippen molar-refractivity contribution in [3.63, 3.8) is 0 Å². The molecule has 0 amide bonds. The molecule has 0 radical (unpaired) electrons. The van der Waals surface area contributed by atoms with E-state index in [1.807, 2.05) is 0 Å². The van der Waals surface area contributed by atoms with Crippen molar-refractivity contribution in [3.05, 3.63) is 58.9 Å². The van der Waals surface area contributed by atoms with Crippen LogP contribution >= 0.6 is 0 Å². The number of aromatic nitrogens is 4. The predicted molar refractivity (Wildman–Crippen MR) is 72.6 cm³/mol. The third kappa shape index (κ3) is 2.22. The maximum atomic E-state index is 12.1. The lowest BCUT2D eigenvalue weighted by Crippen LogP contribution is -2.30. The summed E-state index contributed by atoms with van der Waals surface area (Å²) >= 11 is 0. The van der Waals surface area contributed by atoms with Crippen molar-refractivity contribution in [1.82, 2.24) is 19.2 Å². The highest BCUT2D eigenvalue weighted by Gasteiger charge is 2.12. The molecule has 8 heteroatoms. The van der Waals surface area contributed by atoms with Gasteiger partial charge in [0.15, 0.2) is 5.65 Å². The number of rotatable bonds is 3. The SMILES string of the molecule is O=c1n(Cc2cccc(B(O)O)c2)nc2cnccn12. The van der Waals surface area contributed by atoms with Crippen LogP contribution in [-0.4, -0.2) is 36.3 Å². The molecule has 2 N–H and O–H groups in total. The summed E-state index contributed by atoms with van der Waals surface area (Å²) in [5.41, 5.74) is 1.34. The van der Waals surface area contributed by atoms with Crippen LogP contribution < -0.4 is 11.2 Å². The van der Waals surface area contributed by atoms with Crippen LogP contribution in [0.25, 0.3) is 5.65 Å². The van der Waals surface area contributed by atoms with Crippen LogP contribution in [0.5, 0.6) is 0 Å². The summed E-state index contributed by atoms with van der Waals surface area (Å²) in [6.45, 7) is 0.251. The van der Waals surface area contributed by atoms with Crippen LogP contribution in [-0.2, 0) is 6.54 Å². The van der Waals surface area contributed by atoms with Crippen molar-refractivity contribution < 1.29 is 10.0 Å². The summed E-state index contributed by atoms with van der Waals surface area (Å²) in [4.78, 5) is 16.0. The molecule has 3 rings (SSSR count). The molecule has 0 unspecified atom stereocenters. The van der Waals surface area contributed by atoms with Gasteiger partial charge in [0.05, 0.1) is 12.7 Å². The second kappa shape index (κ2) is 4.91. The van der Waals surface area contributed by atoms with Gasteiger partial charge in [-0.05, 0) is 11.0 Å². The normalized spacial score (nSPS) is 10.9. The van der Waals surface area contributed by atoms with Crippen molar-refractivity contribution in [2.75, 3.05) is 0 Å².